The predicted octanol–water partition coefficient (Wildman–Crippen LogP) is 0.394. The van der Waals surface area contributed by atoms with Crippen molar-refractivity contribution in [1.29, 1.82) is 0 Å². The highest BCUT2D eigenvalue weighted by Gasteiger charge is 2.02. The van der Waals surface area contributed by atoms with Gasteiger partial charge in [0.25, 0.3) is 0 Å². The molecule has 4 heteroatoms. The maximum Gasteiger partial charge on any atom is 0.311 e. The summed E-state index contributed by atoms with van der Waals surface area (Å²) in [5, 5.41) is 8.96. The Hall–Kier alpha value is -1.55. The molecule has 0 radical (unpaired) electrons. The van der Waals surface area contributed by atoms with Gasteiger partial charge in [-0.1, -0.05) is 12.1 Å². The van der Waals surface area contributed by atoms with E-state index in [-0.39, 0.29) is 24.9 Å². The van der Waals surface area contributed by atoms with Gasteiger partial charge in [-0.05, 0) is 17.7 Å². The molecule has 3 N–H and O–H groups in total. The van der Waals surface area contributed by atoms with Crippen LogP contribution in [0.1, 0.15) is 5.56 Å². The molecule has 0 heterocycles. The molecule has 0 aliphatic heterocycles. The summed E-state index contributed by atoms with van der Waals surface area (Å²) in [7, 11) is 0. The molecule has 0 saturated heterocycles. The number of rotatable bonds is 3. The molecule has 0 unspecified atom stereocenters. The van der Waals surface area contributed by atoms with E-state index < -0.39 is 0 Å². The summed E-state index contributed by atoms with van der Waals surface area (Å²) in [5.41, 5.74) is 5.81. The Morgan fingerprint density at radius 3 is 2.54 bits per heavy atom. The molecular weight excluding hydrogens is 170 g/mol. The van der Waals surface area contributed by atoms with Crippen molar-refractivity contribution in [1.82, 2.24) is 0 Å². The quantitative estimate of drug-likeness (QED) is 0.522. The Kier molecular flexibility index (Phi) is 3.28. The minimum Gasteiger partial charge on any atom is -0.508 e. The predicted molar refractivity (Wildman–Crippen MR) is 47.0 cm³/mol. The summed E-state index contributed by atoms with van der Waals surface area (Å²) in [4.78, 5) is 10.9. The monoisotopic (exact) mass is 181 g/mol. The second-order valence-electron chi connectivity index (χ2n) is 2.53. The van der Waals surface area contributed by atoms with Crippen LogP contribution in [0.5, 0.6) is 5.75 Å². The Morgan fingerprint density at radius 1 is 1.38 bits per heavy atom. The number of hydrogen-bond acceptors (Lipinski definition) is 4. The van der Waals surface area contributed by atoms with E-state index in [1.165, 1.54) is 12.1 Å². The van der Waals surface area contributed by atoms with E-state index in [4.69, 9.17) is 10.8 Å². The largest absolute Gasteiger partial charge is 0.508 e. The highest BCUT2D eigenvalue weighted by atomic mass is 16.5. The minimum absolute atomic E-state index is 0.100. The number of ether oxygens (including phenoxy) is 1. The molecule has 0 aliphatic carbocycles. The van der Waals surface area contributed by atoms with Gasteiger partial charge in [0.05, 0.1) is 6.42 Å². The van der Waals surface area contributed by atoms with E-state index in [1.54, 1.807) is 12.1 Å². The maximum atomic E-state index is 10.9. The zero-order chi connectivity index (χ0) is 9.68. The minimum atomic E-state index is -0.367. The lowest BCUT2D eigenvalue weighted by Crippen LogP contribution is -2.13. The van der Waals surface area contributed by atoms with Crippen LogP contribution in [-0.2, 0) is 16.0 Å². The first-order valence-corrected chi connectivity index (χ1v) is 3.86. The van der Waals surface area contributed by atoms with Crippen LogP contribution >= 0.6 is 0 Å². The summed E-state index contributed by atoms with van der Waals surface area (Å²) in [6, 6.07) is 6.36. The maximum absolute atomic E-state index is 10.9. The van der Waals surface area contributed by atoms with Gasteiger partial charge in [-0.2, -0.15) is 0 Å². The molecule has 0 atom stereocenters. The summed E-state index contributed by atoms with van der Waals surface area (Å²) < 4.78 is 4.55. The van der Waals surface area contributed by atoms with Crippen LogP contribution in [0.4, 0.5) is 0 Å². The van der Waals surface area contributed by atoms with Crippen molar-refractivity contribution in [3.63, 3.8) is 0 Å². The van der Waals surface area contributed by atoms with Crippen molar-refractivity contribution in [3.05, 3.63) is 29.8 Å². The topological polar surface area (TPSA) is 72.5 Å². The fraction of sp³-hybridized carbons (Fsp3) is 0.222. The fourth-order valence-electron chi connectivity index (χ4n) is 0.924. The molecule has 0 aliphatic rings. The van der Waals surface area contributed by atoms with Crippen molar-refractivity contribution in [2.45, 2.75) is 6.42 Å². The zero-order valence-electron chi connectivity index (χ0n) is 7.06. The molecule has 1 aromatic carbocycles. The Morgan fingerprint density at radius 2 is 2.00 bits per heavy atom. The third-order valence-corrected chi connectivity index (χ3v) is 1.53. The van der Waals surface area contributed by atoms with Crippen molar-refractivity contribution in [2.75, 3.05) is 6.73 Å². The molecule has 0 spiro atoms. The third kappa shape index (κ3) is 3.13. The highest BCUT2D eigenvalue weighted by Crippen LogP contribution is 2.10. The zero-order valence-corrected chi connectivity index (χ0v) is 7.06. The van der Waals surface area contributed by atoms with E-state index in [1.807, 2.05) is 0 Å². The molecule has 0 aromatic heterocycles. The molecule has 1 rings (SSSR count). The van der Waals surface area contributed by atoms with E-state index in [9.17, 15) is 4.79 Å². The van der Waals surface area contributed by atoms with Crippen LogP contribution in [0, 0.1) is 0 Å². The van der Waals surface area contributed by atoms with Gasteiger partial charge in [-0.3, -0.25) is 10.5 Å². The summed E-state index contributed by atoms with van der Waals surface area (Å²) >= 11 is 0. The second kappa shape index (κ2) is 4.47. The van der Waals surface area contributed by atoms with Gasteiger partial charge in [-0.15, -0.1) is 0 Å². The molecule has 0 bridgehead atoms. The summed E-state index contributed by atoms with van der Waals surface area (Å²) in [6.45, 7) is -0.100. The van der Waals surface area contributed by atoms with Gasteiger partial charge in [0, 0.05) is 0 Å². The average Bonchev–Trinajstić information content (AvgIpc) is 2.09. The lowest BCUT2D eigenvalue weighted by Gasteiger charge is -2.01. The first-order valence-electron chi connectivity index (χ1n) is 3.86. The Labute approximate surface area is 75.9 Å². The SMILES string of the molecule is NCOC(=O)Cc1ccc(O)cc1. The number of phenols is 1. The molecule has 13 heavy (non-hydrogen) atoms. The van der Waals surface area contributed by atoms with Gasteiger partial charge in [-0.25, -0.2) is 0 Å². The van der Waals surface area contributed by atoms with Crippen molar-refractivity contribution < 1.29 is 14.6 Å². The van der Waals surface area contributed by atoms with Gasteiger partial charge in [0.15, 0.2) is 0 Å². The summed E-state index contributed by atoms with van der Waals surface area (Å²) in [6.07, 6.45) is 0.178. The van der Waals surface area contributed by atoms with Crippen LogP contribution < -0.4 is 5.73 Å². The van der Waals surface area contributed by atoms with E-state index in [2.05, 4.69) is 4.74 Å². The van der Waals surface area contributed by atoms with Crippen molar-refractivity contribution >= 4 is 5.97 Å². The number of carbonyl (C=O) groups excluding carboxylic acids is 1. The number of esters is 1. The van der Waals surface area contributed by atoms with Crippen LogP contribution in [0.25, 0.3) is 0 Å². The van der Waals surface area contributed by atoms with Gasteiger partial charge in [0.1, 0.15) is 12.5 Å². The number of hydrogen-bond donors (Lipinski definition) is 2. The molecular formula is C9H11NO3. The van der Waals surface area contributed by atoms with Gasteiger partial charge < -0.3 is 9.84 Å². The van der Waals surface area contributed by atoms with E-state index >= 15 is 0 Å². The standard InChI is InChI=1S/C9H11NO3/c10-6-13-9(12)5-7-1-3-8(11)4-2-7/h1-4,11H,5-6,10H2. The smallest absolute Gasteiger partial charge is 0.311 e. The first kappa shape index (κ1) is 9.54. The first-order chi connectivity index (χ1) is 6.22. The van der Waals surface area contributed by atoms with Crippen LogP contribution in [0.15, 0.2) is 24.3 Å². The normalized spacial score (nSPS) is 9.62. The van der Waals surface area contributed by atoms with Crippen LogP contribution in [0.3, 0.4) is 0 Å². The van der Waals surface area contributed by atoms with E-state index in [0.29, 0.717) is 0 Å². The molecule has 0 fully saturated rings. The number of aromatic hydroxyl groups is 1. The lowest BCUT2D eigenvalue weighted by atomic mass is 10.1. The molecule has 0 amide bonds. The average molecular weight is 181 g/mol. The van der Waals surface area contributed by atoms with Crippen molar-refractivity contribution in [2.24, 2.45) is 5.73 Å². The number of phenolic OH excluding ortho intramolecular Hbond substituents is 1. The van der Waals surface area contributed by atoms with Crippen LogP contribution in [-0.4, -0.2) is 17.8 Å². The third-order valence-electron chi connectivity index (χ3n) is 1.53. The lowest BCUT2D eigenvalue weighted by molar-refractivity contribution is -0.142. The number of benzene rings is 1. The molecule has 1 aromatic rings. The molecule has 70 valence electrons. The fourth-order valence-corrected chi connectivity index (χ4v) is 0.924. The Bertz CT molecular complexity index is 281. The van der Waals surface area contributed by atoms with Crippen molar-refractivity contribution in [3.8, 4) is 5.75 Å². The van der Waals surface area contributed by atoms with E-state index in [0.717, 1.165) is 5.56 Å². The van der Waals surface area contributed by atoms with Crippen LogP contribution in [0.2, 0.25) is 0 Å². The Balaban J connectivity index is 2.54. The highest BCUT2D eigenvalue weighted by molar-refractivity contribution is 5.72. The molecule has 4 nitrogen and oxygen atoms in total. The number of carbonyl (C=O) groups is 1. The second-order valence-corrected chi connectivity index (χ2v) is 2.53. The van der Waals surface area contributed by atoms with Gasteiger partial charge >= 0.3 is 5.97 Å². The summed E-state index contributed by atoms with van der Waals surface area (Å²) in [5.74, 6) is -0.191. The number of nitrogens with two attached hydrogens (primary N) is 1. The van der Waals surface area contributed by atoms with Gasteiger partial charge in [0.2, 0.25) is 0 Å². The molecule has 0 saturated carbocycles.